The molecular weight excluding hydrogens is 735 g/mol. The minimum Gasteiger partial charge on any atom is -0.311 e. The third-order valence-corrected chi connectivity index (χ3v) is 11.5. The van der Waals surface area contributed by atoms with Gasteiger partial charge in [-0.25, -0.2) is 0 Å². The summed E-state index contributed by atoms with van der Waals surface area (Å²) < 4.78 is 0. The molecule has 288 valence electrons. The van der Waals surface area contributed by atoms with Crippen LogP contribution in [-0.4, -0.2) is 0 Å². The Balaban J connectivity index is 0.990. The van der Waals surface area contributed by atoms with E-state index in [2.05, 4.69) is 266 Å². The molecule has 10 aromatic carbocycles. The van der Waals surface area contributed by atoms with Crippen molar-refractivity contribution >= 4 is 17.1 Å². The third kappa shape index (κ3) is 8.06. The van der Waals surface area contributed by atoms with E-state index in [4.69, 9.17) is 0 Å². The van der Waals surface area contributed by atoms with E-state index in [9.17, 15) is 0 Å². The van der Waals surface area contributed by atoms with Gasteiger partial charge in [0.05, 0.1) is 0 Å². The monoisotopic (exact) mass is 777 g/mol. The summed E-state index contributed by atoms with van der Waals surface area (Å²) in [6.07, 6.45) is 0. The number of nitrogens with zero attached hydrogens (tertiary/aromatic N) is 1. The minimum absolute atomic E-state index is 1.09. The van der Waals surface area contributed by atoms with Crippen LogP contribution in [-0.2, 0) is 0 Å². The molecule has 0 aliphatic carbocycles. The van der Waals surface area contributed by atoms with Crippen molar-refractivity contribution in [2.75, 3.05) is 4.90 Å². The van der Waals surface area contributed by atoms with Crippen molar-refractivity contribution in [2.45, 2.75) is 0 Å². The Hall–Kier alpha value is -8.00. The molecule has 0 spiro atoms. The lowest BCUT2D eigenvalue weighted by molar-refractivity contribution is 1.28. The van der Waals surface area contributed by atoms with Gasteiger partial charge >= 0.3 is 0 Å². The van der Waals surface area contributed by atoms with Crippen LogP contribution in [0.3, 0.4) is 0 Å². The van der Waals surface area contributed by atoms with Gasteiger partial charge in [-0.1, -0.05) is 212 Å². The van der Waals surface area contributed by atoms with Crippen molar-refractivity contribution in [1.29, 1.82) is 0 Å². The summed E-state index contributed by atoms with van der Waals surface area (Å²) in [6, 6.07) is 93.9. The highest BCUT2D eigenvalue weighted by atomic mass is 15.1. The molecule has 0 aliphatic rings. The first-order valence-electron chi connectivity index (χ1n) is 20.9. The third-order valence-electron chi connectivity index (χ3n) is 11.5. The maximum atomic E-state index is 2.35. The van der Waals surface area contributed by atoms with E-state index in [0.717, 1.165) is 17.1 Å². The number of hydrogen-bond donors (Lipinski definition) is 0. The van der Waals surface area contributed by atoms with Crippen LogP contribution in [0.5, 0.6) is 0 Å². The molecule has 0 saturated carbocycles. The second-order valence-corrected chi connectivity index (χ2v) is 15.4. The van der Waals surface area contributed by atoms with Crippen molar-refractivity contribution in [3.63, 3.8) is 0 Å². The van der Waals surface area contributed by atoms with Gasteiger partial charge in [0.15, 0.2) is 0 Å². The van der Waals surface area contributed by atoms with Gasteiger partial charge in [0.1, 0.15) is 0 Å². The van der Waals surface area contributed by atoms with E-state index in [1.165, 1.54) is 77.9 Å². The smallest absolute Gasteiger partial charge is 0.0462 e. The fourth-order valence-electron chi connectivity index (χ4n) is 8.32. The quantitative estimate of drug-likeness (QED) is 0.134. The van der Waals surface area contributed by atoms with Gasteiger partial charge in [-0.15, -0.1) is 0 Å². The van der Waals surface area contributed by atoms with Gasteiger partial charge in [-0.2, -0.15) is 0 Å². The normalized spacial score (nSPS) is 11.0. The Morgan fingerprint density at radius 2 is 0.393 bits per heavy atom. The Bertz CT molecular complexity index is 2880. The Labute approximate surface area is 359 Å². The largest absolute Gasteiger partial charge is 0.311 e. The SMILES string of the molecule is c1ccc(-c2ccc(-c3ccccc3-c3ccc(N(c4ccc(-c5cccc(-c6ccccc6)c5)cc4)c4ccc(-c5cccc(-c6ccccc6)c5)cc4)cc3)cc2)cc1. The van der Waals surface area contributed by atoms with Crippen molar-refractivity contribution in [1.82, 2.24) is 0 Å². The predicted octanol–water partition coefficient (Wildman–Crippen LogP) is 16.8. The Morgan fingerprint density at radius 1 is 0.164 bits per heavy atom. The molecule has 1 nitrogen and oxygen atoms in total. The first-order chi connectivity index (χ1) is 30.2. The standard InChI is InChI=1S/C60H43N/c1-4-14-44(15-5-1)47-26-28-50(29-27-47)59-24-10-11-25-60(59)51-34-40-58(41-35-51)61(56-36-30-48(31-37-56)54-22-12-20-52(42-54)45-16-6-2-7-17-45)57-38-32-49(33-39-57)55-23-13-21-53(43-55)46-18-8-3-9-19-46/h1-43H. The zero-order valence-corrected chi connectivity index (χ0v) is 33.8. The highest BCUT2D eigenvalue weighted by molar-refractivity contribution is 5.87. The van der Waals surface area contributed by atoms with Crippen LogP contribution >= 0.6 is 0 Å². The van der Waals surface area contributed by atoms with E-state index < -0.39 is 0 Å². The zero-order chi connectivity index (χ0) is 40.8. The predicted molar refractivity (Wildman–Crippen MR) is 259 cm³/mol. The highest BCUT2D eigenvalue weighted by Crippen LogP contribution is 2.40. The maximum Gasteiger partial charge on any atom is 0.0462 e. The molecule has 0 fully saturated rings. The van der Waals surface area contributed by atoms with E-state index >= 15 is 0 Å². The molecule has 0 bridgehead atoms. The van der Waals surface area contributed by atoms with Crippen molar-refractivity contribution in [3.05, 3.63) is 261 Å². The summed E-state index contributed by atoms with van der Waals surface area (Å²) in [4.78, 5) is 2.35. The lowest BCUT2D eigenvalue weighted by atomic mass is 9.93. The van der Waals surface area contributed by atoms with Crippen molar-refractivity contribution in [2.24, 2.45) is 0 Å². The Kier molecular flexibility index (Phi) is 10.4. The van der Waals surface area contributed by atoms with E-state index in [1.807, 2.05) is 0 Å². The maximum absolute atomic E-state index is 2.35. The fourth-order valence-corrected chi connectivity index (χ4v) is 8.32. The topological polar surface area (TPSA) is 3.24 Å². The lowest BCUT2D eigenvalue weighted by Crippen LogP contribution is -2.09. The van der Waals surface area contributed by atoms with Gasteiger partial charge in [-0.05, 0) is 126 Å². The van der Waals surface area contributed by atoms with Crippen LogP contribution in [0.4, 0.5) is 17.1 Å². The van der Waals surface area contributed by atoms with Crippen LogP contribution in [0.2, 0.25) is 0 Å². The van der Waals surface area contributed by atoms with Gasteiger partial charge < -0.3 is 4.90 Å². The lowest BCUT2D eigenvalue weighted by Gasteiger charge is -2.26. The minimum atomic E-state index is 1.09. The van der Waals surface area contributed by atoms with Crippen molar-refractivity contribution < 1.29 is 0 Å². The molecule has 0 atom stereocenters. The van der Waals surface area contributed by atoms with Crippen LogP contribution in [0.1, 0.15) is 0 Å². The Morgan fingerprint density at radius 3 is 0.754 bits per heavy atom. The van der Waals surface area contributed by atoms with Gasteiger partial charge in [0.25, 0.3) is 0 Å². The van der Waals surface area contributed by atoms with Crippen LogP contribution in [0.15, 0.2) is 261 Å². The number of benzene rings is 10. The summed E-state index contributed by atoms with van der Waals surface area (Å²) in [5, 5.41) is 0. The molecule has 1 heteroatoms. The van der Waals surface area contributed by atoms with E-state index in [0.29, 0.717) is 0 Å². The summed E-state index contributed by atoms with van der Waals surface area (Å²) in [7, 11) is 0. The van der Waals surface area contributed by atoms with E-state index in [-0.39, 0.29) is 0 Å². The second-order valence-electron chi connectivity index (χ2n) is 15.4. The van der Waals surface area contributed by atoms with Crippen molar-refractivity contribution in [3.8, 4) is 77.9 Å². The van der Waals surface area contributed by atoms with E-state index in [1.54, 1.807) is 0 Å². The summed E-state index contributed by atoms with van der Waals surface area (Å²) in [5.74, 6) is 0. The molecule has 0 amide bonds. The molecule has 0 saturated heterocycles. The van der Waals surface area contributed by atoms with Gasteiger partial charge in [0, 0.05) is 17.1 Å². The average molecular weight is 778 g/mol. The number of rotatable bonds is 10. The zero-order valence-electron chi connectivity index (χ0n) is 33.8. The van der Waals surface area contributed by atoms with Crippen LogP contribution in [0, 0.1) is 0 Å². The molecule has 0 aliphatic heterocycles. The molecule has 10 rings (SSSR count). The van der Waals surface area contributed by atoms with Gasteiger partial charge in [0.2, 0.25) is 0 Å². The summed E-state index contributed by atoms with van der Waals surface area (Å²) >= 11 is 0. The van der Waals surface area contributed by atoms with Gasteiger partial charge in [-0.3, -0.25) is 0 Å². The first-order valence-corrected chi connectivity index (χ1v) is 20.9. The van der Waals surface area contributed by atoms with Crippen LogP contribution < -0.4 is 4.90 Å². The highest BCUT2D eigenvalue weighted by Gasteiger charge is 2.15. The molecule has 10 aromatic rings. The number of hydrogen-bond acceptors (Lipinski definition) is 1. The molecule has 0 aromatic heterocycles. The molecule has 61 heavy (non-hydrogen) atoms. The molecule has 0 unspecified atom stereocenters. The summed E-state index contributed by atoms with van der Waals surface area (Å²) in [6.45, 7) is 0. The fraction of sp³-hybridized carbons (Fsp3) is 0. The number of anilines is 3. The molecule has 0 N–H and O–H groups in total. The average Bonchev–Trinajstić information content (AvgIpc) is 3.36. The summed E-state index contributed by atoms with van der Waals surface area (Å²) in [5.41, 5.74) is 20.1. The molecular formula is C60H43N. The second kappa shape index (κ2) is 17.1. The molecule has 0 radical (unpaired) electrons. The molecule has 0 heterocycles. The van der Waals surface area contributed by atoms with Crippen LogP contribution in [0.25, 0.3) is 77.9 Å². The first kappa shape index (κ1) is 37.3.